The Bertz CT molecular complexity index is 608. The largest absolute Gasteiger partial charge is 0.389 e. The molecule has 0 spiro atoms. The van der Waals surface area contributed by atoms with E-state index < -0.39 is 0 Å². The van der Waals surface area contributed by atoms with Crippen molar-refractivity contribution in [2.75, 3.05) is 5.32 Å². The summed E-state index contributed by atoms with van der Waals surface area (Å²) in [6.45, 7) is 0. The normalized spacial score (nSPS) is 10.1. The van der Waals surface area contributed by atoms with E-state index in [0.717, 1.165) is 0 Å². The third-order valence-electron chi connectivity index (χ3n) is 2.14. The summed E-state index contributed by atoms with van der Waals surface area (Å²) in [6.07, 6.45) is 0. The molecule has 0 aliphatic heterocycles. The summed E-state index contributed by atoms with van der Waals surface area (Å²) in [5.74, 6) is -0.204. The molecule has 0 saturated carbocycles. The van der Waals surface area contributed by atoms with E-state index in [1.165, 1.54) is 4.80 Å². The lowest BCUT2D eigenvalue weighted by molar-refractivity contribution is 0.102. The number of amides is 1. The Hall–Kier alpha value is -2.35. The molecule has 2 aromatic rings. The van der Waals surface area contributed by atoms with Crippen LogP contribution < -0.4 is 11.1 Å². The molecule has 0 unspecified atom stereocenters. The van der Waals surface area contributed by atoms with E-state index in [4.69, 9.17) is 18.0 Å². The number of benzene rings is 1. The Morgan fingerprint density at radius 2 is 2.17 bits per heavy atom. The highest BCUT2D eigenvalue weighted by Gasteiger charge is 2.10. The fourth-order valence-electron chi connectivity index (χ4n) is 1.32. The number of aromatic nitrogens is 4. The number of thiocarbonyl (C=S) groups is 1. The van der Waals surface area contributed by atoms with Crippen molar-refractivity contribution >= 4 is 29.1 Å². The summed E-state index contributed by atoms with van der Waals surface area (Å²) in [5, 5.41) is 13.6. The average molecular weight is 262 g/mol. The molecule has 92 valence electrons. The first-order valence-corrected chi connectivity index (χ1v) is 5.42. The van der Waals surface area contributed by atoms with Gasteiger partial charge in [-0.25, -0.2) is 0 Å². The zero-order valence-corrected chi connectivity index (χ0v) is 10.3. The van der Waals surface area contributed by atoms with Crippen molar-refractivity contribution in [3.05, 3.63) is 35.4 Å². The van der Waals surface area contributed by atoms with Gasteiger partial charge in [0.25, 0.3) is 11.9 Å². The summed E-state index contributed by atoms with van der Waals surface area (Å²) >= 11 is 4.85. The topological polar surface area (TPSA) is 98.7 Å². The van der Waals surface area contributed by atoms with Gasteiger partial charge >= 0.3 is 0 Å². The predicted octanol–water partition coefficient (Wildman–Crippen LogP) is 0.0966. The number of tetrazole rings is 1. The van der Waals surface area contributed by atoms with Crippen molar-refractivity contribution in [2.24, 2.45) is 12.8 Å². The molecule has 0 aliphatic carbocycles. The first kappa shape index (κ1) is 12.1. The number of hydrogen-bond donors (Lipinski definition) is 2. The molecule has 8 heteroatoms. The number of hydrogen-bond acceptors (Lipinski definition) is 5. The van der Waals surface area contributed by atoms with Gasteiger partial charge in [0.05, 0.1) is 7.05 Å². The van der Waals surface area contributed by atoms with Gasteiger partial charge in [0.2, 0.25) is 0 Å². The van der Waals surface area contributed by atoms with Gasteiger partial charge in [-0.2, -0.15) is 4.80 Å². The summed E-state index contributed by atoms with van der Waals surface area (Å²) in [4.78, 5) is 13.4. The van der Waals surface area contributed by atoms with E-state index in [2.05, 4.69) is 20.7 Å². The molecule has 3 N–H and O–H groups in total. The van der Waals surface area contributed by atoms with Crippen LogP contribution in [0.2, 0.25) is 0 Å². The number of carbonyl (C=O) groups is 1. The molecule has 0 radical (unpaired) electrons. The minimum absolute atomic E-state index is 0.142. The van der Waals surface area contributed by atoms with E-state index in [9.17, 15) is 4.79 Å². The van der Waals surface area contributed by atoms with E-state index in [0.29, 0.717) is 11.1 Å². The van der Waals surface area contributed by atoms with Crippen molar-refractivity contribution in [1.29, 1.82) is 0 Å². The number of nitrogens with two attached hydrogens (primary N) is 1. The molecule has 7 nitrogen and oxygen atoms in total. The molecular formula is C10H10N6OS. The SMILES string of the molecule is Cn1nnc(NC(=O)c2cccc(C(N)=S)c2)n1. The highest BCUT2D eigenvalue weighted by molar-refractivity contribution is 7.80. The van der Waals surface area contributed by atoms with Crippen molar-refractivity contribution in [2.45, 2.75) is 0 Å². The first-order chi connectivity index (χ1) is 8.56. The second-order valence-electron chi connectivity index (χ2n) is 3.50. The number of nitrogens with zero attached hydrogens (tertiary/aromatic N) is 4. The van der Waals surface area contributed by atoms with Crippen LogP contribution in [0.25, 0.3) is 0 Å². The monoisotopic (exact) mass is 262 g/mol. The second kappa shape index (κ2) is 4.88. The third kappa shape index (κ3) is 2.66. The van der Waals surface area contributed by atoms with Crippen LogP contribution in [0.15, 0.2) is 24.3 Å². The fourth-order valence-corrected chi connectivity index (χ4v) is 1.45. The molecule has 0 aliphatic rings. The van der Waals surface area contributed by atoms with E-state index >= 15 is 0 Å². The fraction of sp³-hybridized carbons (Fsp3) is 0.100. The van der Waals surface area contributed by atoms with Crippen molar-refractivity contribution in [3.8, 4) is 0 Å². The number of rotatable bonds is 3. The molecule has 18 heavy (non-hydrogen) atoms. The summed E-state index contributed by atoms with van der Waals surface area (Å²) < 4.78 is 0. The maximum Gasteiger partial charge on any atom is 0.270 e. The number of aryl methyl sites for hydroxylation is 1. The van der Waals surface area contributed by atoms with Crippen LogP contribution in [-0.2, 0) is 7.05 Å². The number of carbonyl (C=O) groups excluding carboxylic acids is 1. The Morgan fingerprint density at radius 1 is 1.44 bits per heavy atom. The van der Waals surface area contributed by atoms with Crippen LogP contribution in [-0.4, -0.2) is 31.1 Å². The van der Waals surface area contributed by atoms with E-state index in [1.54, 1.807) is 31.3 Å². The van der Waals surface area contributed by atoms with Crippen LogP contribution in [0.4, 0.5) is 5.95 Å². The lowest BCUT2D eigenvalue weighted by Gasteiger charge is -2.03. The van der Waals surface area contributed by atoms with E-state index in [1.807, 2.05) is 0 Å². The van der Waals surface area contributed by atoms with Gasteiger partial charge in [0.1, 0.15) is 4.99 Å². The molecule has 0 saturated heterocycles. The predicted molar refractivity (Wildman–Crippen MR) is 69.1 cm³/mol. The van der Waals surface area contributed by atoms with Crippen molar-refractivity contribution in [3.63, 3.8) is 0 Å². The van der Waals surface area contributed by atoms with Gasteiger partial charge in [-0.05, 0) is 17.3 Å². The molecule has 1 aromatic heterocycles. The van der Waals surface area contributed by atoms with Gasteiger partial charge in [0.15, 0.2) is 0 Å². The zero-order valence-electron chi connectivity index (χ0n) is 9.49. The number of nitrogens with one attached hydrogen (secondary N) is 1. The Kier molecular flexibility index (Phi) is 3.28. The molecule has 0 fully saturated rings. The van der Waals surface area contributed by atoms with Gasteiger partial charge in [-0.15, -0.1) is 5.10 Å². The highest BCUT2D eigenvalue weighted by Crippen LogP contribution is 2.07. The minimum atomic E-state index is -0.346. The molecule has 2 rings (SSSR count). The van der Waals surface area contributed by atoms with Crippen LogP contribution >= 0.6 is 12.2 Å². The van der Waals surface area contributed by atoms with Gasteiger partial charge in [0, 0.05) is 11.1 Å². The van der Waals surface area contributed by atoms with Crippen LogP contribution in [0.3, 0.4) is 0 Å². The summed E-state index contributed by atoms with van der Waals surface area (Å²) in [7, 11) is 1.61. The number of anilines is 1. The summed E-state index contributed by atoms with van der Waals surface area (Å²) in [5.41, 5.74) is 6.55. The Morgan fingerprint density at radius 3 is 2.78 bits per heavy atom. The second-order valence-corrected chi connectivity index (χ2v) is 3.94. The molecule has 0 bridgehead atoms. The lowest BCUT2D eigenvalue weighted by Crippen LogP contribution is -2.15. The summed E-state index contributed by atoms with van der Waals surface area (Å²) in [6, 6.07) is 6.69. The molecular weight excluding hydrogens is 252 g/mol. The average Bonchev–Trinajstić information content (AvgIpc) is 2.75. The Labute approximate surface area is 108 Å². The molecule has 0 atom stereocenters. The van der Waals surface area contributed by atoms with Gasteiger partial charge in [-0.1, -0.05) is 29.4 Å². The maximum absolute atomic E-state index is 11.9. The molecule has 1 amide bonds. The molecule has 1 aromatic carbocycles. The van der Waals surface area contributed by atoms with E-state index in [-0.39, 0.29) is 16.8 Å². The minimum Gasteiger partial charge on any atom is -0.389 e. The smallest absolute Gasteiger partial charge is 0.270 e. The Balaban J connectivity index is 2.18. The van der Waals surface area contributed by atoms with Crippen LogP contribution in [0, 0.1) is 0 Å². The van der Waals surface area contributed by atoms with Gasteiger partial charge < -0.3 is 5.73 Å². The maximum atomic E-state index is 11.9. The standard InChI is InChI=1S/C10H10N6OS/c1-16-14-10(13-15-16)12-9(17)7-4-2-3-6(5-7)8(11)18/h2-5H,1H3,(H2,11,18)(H,12,14,17). The highest BCUT2D eigenvalue weighted by atomic mass is 32.1. The van der Waals surface area contributed by atoms with Crippen molar-refractivity contribution in [1.82, 2.24) is 20.2 Å². The quantitative estimate of drug-likeness (QED) is 0.761. The van der Waals surface area contributed by atoms with Crippen LogP contribution in [0.1, 0.15) is 15.9 Å². The zero-order chi connectivity index (χ0) is 13.1. The first-order valence-electron chi connectivity index (χ1n) is 5.01. The molecule has 1 heterocycles. The third-order valence-corrected chi connectivity index (χ3v) is 2.38. The lowest BCUT2D eigenvalue weighted by atomic mass is 10.1. The van der Waals surface area contributed by atoms with Crippen LogP contribution in [0.5, 0.6) is 0 Å². The van der Waals surface area contributed by atoms with Crippen molar-refractivity contribution < 1.29 is 4.79 Å². The van der Waals surface area contributed by atoms with Gasteiger partial charge in [-0.3, -0.25) is 10.1 Å².